The van der Waals surface area contributed by atoms with Gasteiger partial charge in [-0.15, -0.1) is 0 Å². The Labute approximate surface area is 152 Å². The van der Waals surface area contributed by atoms with Crippen molar-refractivity contribution >= 4 is 28.5 Å². The summed E-state index contributed by atoms with van der Waals surface area (Å²) in [6, 6.07) is 6.34. The lowest BCUT2D eigenvalue weighted by molar-refractivity contribution is 0.523. The molecule has 0 spiro atoms. The van der Waals surface area contributed by atoms with Gasteiger partial charge in [0.25, 0.3) is 0 Å². The molecule has 1 fully saturated rings. The fourth-order valence-electron chi connectivity index (χ4n) is 3.25. The Kier molecular flexibility index (Phi) is 4.47. The van der Waals surface area contributed by atoms with E-state index >= 15 is 0 Å². The van der Waals surface area contributed by atoms with Crippen LogP contribution < -0.4 is 15.1 Å². The average Bonchev–Trinajstić information content (AvgIpc) is 2.68. The van der Waals surface area contributed by atoms with Crippen LogP contribution in [0.15, 0.2) is 37.1 Å². The minimum absolute atomic E-state index is 0.391. The molecule has 4 heterocycles. The number of anilines is 3. The topological polar surface area (TPSA) is 83.0 Å². The molecule has 1 aliphatic heterocycles. The number of hydrogen-bond acceptors (Lipinski definition) is 8. The Morgan fingerprint density at radius 3 is 2.65 bits per heavy atom. The van der Waals surface area contributed by atoms with Crippen LogP contribution in [0.3, 0.4) is 0 Å². The van der Waals surface area contributed by atoms with Crippen molar-refractivity contribution in [2.45, 2.75) is 18.9 Å². The third-order valence-corrected chi connectivity index (χ3v) is 4.64. The molecule has 1 N–H and O–H groups in total. The molecule has 3 aromatic heterocycles. The first-order valence-electron chi connectivity index (χ1n) is 8.77. The molecule has 0 aliphatic carbocycles. The van der Waals surface area contributed by atoms with Gasteiger partial charge in [0.15, 0.2) is 5.65 Å². The van der Waals surface area contributed by atoms with Crippen molar-refractivity contribution in [3.63, 3.8) is 0 Å². The van der Waals surface area contributed by atoms with E-state index in [0.29, 0.717) is 6.04 Å². The van der Waals surface area contributed by atoms with Gasteiger partial charge in [0.2, 0.25) is 0 Å². The number of nitrogens with one attached hydrogen (secondary N) is 1. The lowest BCUT2D eigenvalue weighted by atomic mass is 10.0. The summed E-state index contributed by atoms with van der Waals surface area (Å²) in [7, 11) is 3.96. The van der Waals surface area contributed by atoms with E-state index < -0.39 is 0 Å². The van der Waals surface area contributed by atoms with E-state index in [-0.39, 0.29) is 0 Å². The van der Waals surface area contributed by atoms with Gasteiger partial charge in [0, 0.05) is 45.5 Å². The van der Waals surface area contributed by atoms with Crippen LogP contribution in [0.25, 0.3) is 11.0 Å². The molecule has 0 unspecified atom stereocenters. The Morgan fingerprint density at radius 1 is 1.04 bits per heavy atom. The predicted octanol–water partition coefficient (Wildman–Crippen LogP) is 1.96. The van der Waals surface area contributed by atoms with Gasteiger partial charge in [-0.3, -0.25) is 0 Å². The van der Waals surface area contributed by atoms with Gasteiger partial charge in [-0.1, -0.05) is 0 Å². The van der Waals surface area contributed by atoms with E-state index in [1.54, 1.807) is 18.9 Å². The fourth-order valence-corrected chi connectivity index (χ4v) is 3.25. The van der Waals surface area contributed by atoms with Crippen molar-refractivity contribution in [3.8, 4) is 0 Å². The van der Waals surface area contributed by atoms with E-state index in [0.717, 1.165) is 54.4 Å². The lowest BCUT2D eigenvalue weighted by Crippen LogP contribution is -2.39. The van der Waals surface area contributed by atoms with Crippen LogP contribution in [0, 0.1) is 0 Å². The first-order chi connectivity index (χ1) is 12.7. The quantitative estimate of drug-likeness (QED) is 0.765. The van der Waals surface area contributed by atoms with Gasteiger partial charge in [-0.25, -0.2) is 24.9 Å². The van der Waals surface area contributed by atoms with Gasteiger partial charge >= 0.3 is 0 Å². The number of hydrogen-bond donors (Lipinski definition) is 1. The highest BCUT2D eigenvalue weighted by Crippen LogP contribution is 2.25. The maximum Gasteiger partial charge on any atom is 0.164 e. The van der Waals surface area contributed by atoms with Crippen LogP contribution in [0.1, 0.15) is 12.8 Å². The average molecular weight is 350 g/mol. The Balaban J connectivity index is 1.43. The monoisotopic (exact) mass is 350 g/mol. The van der Waals surface area contributed by atoms with Crippen molar-refractivity contribution in [2.75, 3.05) is 42.3 Å². The van der Waals surface area contributed by atoms with E-state index in [9.17, 15) is 0 Å². The zero-order valence-electron chi connectivity index (χ0n) is 15.0. The molecule has 134 valence electrons. The lowest BCUT2D eigenvalue weighted by Gasteiger charge is -2.33. The zero-order valence-corrected chi connectivity index (χ0v) is 15.0. The third kappa shape index (κ3) is 3.35. The van der Waals surface area contributed by atoms with Gasteiger partial charge in [-0.2, -0.15) is 0 Å². The van der Waals surface area contributed by atoms with Crippen LogP contribution in [-0.4, -0.2) is 58.1 Å². The van der Waals surface area contributed by atoms with Crippen molar-refractivity contribution in [1.29, 1.82) is 0 Å². The second-order valence-electron chi connectivity index (χ2n) is 6.63. The van der Waals surface area contributed by atoms with Crippen molar-refractivity contribution < 1.29 is 0 Å². The van der Waals surface area contributed by atoms with Crippen LogP contribution >= 0.6 is 0 Å². The molecule has 8 nitrogen and oxygen atoms in total. The molecule has 3 aromatic rings. The summed E-state index contributed by atoms with van der Waals surface area (Å²) in [4.78, 5) is 26.0. The number of piperidine rings is 1. The summed E-state index contributed by atoms with van der Waals surface area (Å²) in [5.74, 6) is 2.75. The van der Waals surface area contributed by atoms with E-state index in [2.05, 4.69) is 35.1 Å². The molecule has 0 bridgehead atoms. The fraction of sp³-hybridized carbons (Fsp3) is 0.389. The largest absolute Gasteiger partial charge is 0.367 e. The van der Waals surface area contributed by atoms with E-state index in [4.69, 9.17) is 0 Å². The van der Waals surface area contributed by atoms with Crippen molar-refractivity contribution in [1.82, 2.24) is 24.9 Å². The molecule has 8 heteroatoms. The second-order valence-corrected chi connectivity index (χ2v) is 6.63. The number of aromatic nitrogens is 5. The highest BCUT2D eigenvalue weighted by molar-refractivity contribution is 5.86. The number of rotatable bonds is 4. The molecule has 0 aromatic carbocycles. The standard InChI is InChI=1S/C18H22N8/c1-25(2)16-10-15(20-11-21-16)24-13-5-8-26(9-6-13)18-14-4-3-7-19-17(14)22-12-23-18/h3-4,7,10-13H,5-6,8-9H2,1-2H3,(H,20,21,24). The SMILES string of the molecule is CN(C)c1cc(NC2CCN(c3ncnc4ncccc34)CC2)ncn1. The van der Waals surface area contributed by atoms with Crippen molar-refractivity contribution in [2.24, 2.45) is 0 Å². The predicted molar refractivity (Wildman–Crippen MR) is 103 cm³/mol. The molecular formula is C18H22N8. The minimum atomic E-state index is 0.391. The van der Waals surface area contributed by atoms with Gasteiger partial charge in [-0.05, 0) is 25.0 Å². The molecule has 0 atom stereocenters. The number of fused-ring (bicyclic) bond motifs is 1. The summed E-state index contributed by atoms with van der Waals surface area (Å²) >= 11 is 0. The summed E-state index contributed by atoms with van der Waals surface area (Å²) in [6.45, 7) is 1.87. The molecule has 26 heavy (non-hydrogen) atoms. The van der Waals surface area contributed by atoms with Gasteiger partial charge < -0.3 is 15.1 Å². The zero-order chi connectivity index (χ0) is 17.9. The molecule has 1 saturated heterocycles. The van der Waals surface area contributed by atoms with E-state index in [1.165, 1.54) is 0 Å². The van der Waals surface area contributed by atoms with Crippen LogP contribution in [0.5, 0.6) is 0 Å². The Morgan fingerprint density at radius 2 is 1.85 bits per heavy atom. The van der Waals surface area contributed by atoms with Crippen LogP contribution in [0.4, 0.5) is 17.5 Å². The van der Waals surface area contributed by atoms with Crippen molar-refractivity contribution in [3.05, 3.63) is 37.1 Å². The van der Waals surface area contributed by atoms with Crippen LogP contribution in [-0.2, 0) is 0 Å². The molecule has 1 aliphatic rings. The van der Waals surface area contributed by atoms with E-state index in [1.807, 2.05) is 37.2 Å². The molecule has 0 saturated carbocycles. The summed E-state index contributed by atoms with van der Waals surface area (Å²) in [6.07, 6.45) is 7.00. The molecule has 0 radical (unpaired) electrons. The summed E-state index contributed by atoms with van der Waals surface area (Å²) in [5.41, 5.74) is 0.745. The smallest absolute Gasteiger partial charge is 0.164 e. The first kappa shape index (κ1) is 16.4. The third-order valence-electron chi connectivity index (χ3n) is 4.64. The number of nitrogens with zero attached hydrogens (tertiary/aromatic N) is 7. The second kappa shape index (κ2) is 7.07. The van der Waals surface area contributed by atoms with Crippen LogP contribution in [0.2, 0.25) is 0 Å². The maximum absolute atomic E-state index is 4.50. The first-order valence-corrected chi connectivity index (χ1v) is 8.77. The highest BCUT2D eigenvalue weighted by Gasteiger charge is 2.22. The molecular weight excluding hydrogens is 328 g/mol. The normalized spacial score (nSPS) is 15.2. The van der Waals surface area contributed by atoms with Gasteiger partial charge in [0.1, 0.15) is 30.1 Å². The molecule has 4 rings (SSSR count). The Bertz CT molecular complexity index is 884. The maximum atomic E-state index is 4.50. The molecule has 0 amide bonds. The Hall–Kier alpha value is -3.03. The minimum Gasteiger partial charge on any atom is -0.367 e. The summed E-state index contributed by atoms with van der Waals surface area (Å²) in [5, 5.41) is 4.54. The summed E-state index contributed by atoms with van der Waals surface area (Å²) < 4.78 is 0. The highest BCUT2D eigenvalue weighted by atomic mass is 15.2. The van der Waals surface area contributed by atoms with Gasteiger partial charge in [0.05, 0.1) is 5.39 Å². The number of pyridine rings is 1.